The molecule has 1 aromatic carbocycles. The number of piperidine rings is 2. The monoisotopic (exact) mass is 662 g/mol. The van der Waals surface area contributed by atoms with E-state index >= 15 is 0 Å². The van der Waals surface area contributed by atoms with Crippen LogP contribution >= 0.6 is 0 Å². The summed E-state index contributed by atoms with van der Waals surface area (Å²) in [6.45, 7) is 5.81. The van der Waals surface area contributed by atoms with E-state index < -0.39 is 12.4 Å². The lowest BCUT2D eigenvalue weighted by Gasteiger charge is -2.38. The van der Waals surface area contributed by atoms with Gasteiger partial charge in [-0.05, 0) is 62.3 Å². The van der Waals surface area contributed by atoms with Crippen molar-refractivity contribution in [2.45, 2.75) is 70.9 Å². The number of carbonyl (C=O) groups excluding carboxylic acids is 2. The summed E-state index contributed by atoms with van der Waals surface area (Å²) in [6, 6.07) is 8.09. The van der Waals surface area contributed by atoms with Crippen molar-refractivity contribution in [1.82, 2.24) is 29.8 Å². The number of likely N-dealkylation sites (tertiary alicyclic amines) is 1. The number of carboxylic acids is 1. The van der Waals surface area contributed by atoms with Gasteiger partial charge in [-0.3, -0.25) is 14.3 Å². The molecular formula is C34H40F2N8O4. The summed E-state index contributed by atoms with van der Waals surface area (Å²) in [7, 11) is 0. The molecule has 2 fully saturated rings. The summed E-state index contributed by atoms with van der Waals surface area (Å²) in [5, 5.41) is 22.1. The highest BCUT2D eigenvalue weighted by Crippen LogP contribution is 2.41. The number of anilines is 3. The predicted molar refractivity (Wildman–Crippen MR) is 173 cm³/mol. The Morgan fingerprint density at radius 1 is 0.896 bits per heavy atom. The number of hydrogen-bond acceptors (Lipinski definition) is 8. The minimum Gasteiger partial charge on any atom is -0.476 e. The van der Waals surface area contributed by atoms with E-state index in [-0.39, 0.29) is 35.0 Å². The number of aromatic carboxylic acids is 1. The number of benzene rings is 1. The van der Waals surface area contributed by atoms with Crippen LogP contribution in [0.1, 0.15) is 84.4 Å². The number of aromatic nitrogens is 4. The van der Waals surface area contributed by atoms with Crippen LogP contribution in [0, 0.1) is 5.92 Å². The van der Waals surface area contributed by atoms with Gasteiger partial charge in [-0.25, -0.2) is 13.6 Å². The van der Waals surface area contributed by atoms with E-state index in [1.807, 2.05) is 14.7 Å². The fourth-order valence-corrected chi connectivity index (χ4v) is 7.72. The summed E-state index contributed by atoms with van der Waals surface area (Å²) < 4.78 is 29.6. The normalized spacial score (nSPS) is 19.0. The minimum absolute atomic E-state index is 0.0000526. The SMILES string of the molecule is CC(=O)N1CCc2c(c(N3CCCc4ccc(C(F)F)cc43)nn2C2CCN(C(=O)C3CCN(c4ccc(C(=O)O)nn4)CC3)CC2)C1. The molecule has 2 saturated heterocycles. The van der Waals surface area contributed by atoms with Crippen LogP contribution in [0.4, 0.5) is 26.1 Å². The number of alkyl halides is 2. The van der Waals surface area contributed by atoms with Crippen molar-refractivity contribution in [3.05, 3.63) is 58.4 Å². The van der Waals surface area contributed by atoms with E-state index in [1.54, 1.807) is 25.1 Å². The summed E-state index contributed by atoms with van der Waals surface area (Å²) in [4.78, 5) is 45.0. The average molecular weight is 663 g/mol. The van der Waals surface area contributed by atoms with Gasteiger partial charge in [0.05, 0.1) is 12.6 Å². The number of hydrogen-bond donors (Lipinski definition) is 1. The molecule has 12 nitrogen and oxygen atoms in total. The van der Waals surface area contributed by atoms with Gasteiger partial charge < -0.3 is 24.7 Å². The average Bonchev–Trinajstić information content (AvgIpc) is 3.49. The molecule has 2 amide bonds. The Balaban J connectivity index is 1.05. The highest BCUT2D eigenvalue weighted by atomic mass is 19.3. The second-order valence-corrected chi connectivity index (χ2v) is 13.2. The molecule has 48 heavy (non-hydrogen) atoms. The van der Waals surface area contributed by atoms with Crippen LogP contribution in [-0.4, -0.2) is 91.9 Å². The van der Waals surface area contributed by atoms with E-state index in [2.05, 4.69) is 19.8 Å². The summed E-state index contributed by atoms with van der Waals surface area (Å²) in [5.74, 6) is 0.329. The lowest BCUT2D eigenvalue weighted by Crippen LogP contribution is -2.46. The van der Waals surface area contributed by atoms with Gasteiger partial charge in [0.15, 0.2) is 17.3 Å². The number of halogens is 2. The van der Waals surface area contributed by atoms with Crippen molar-refractivity contribution in [1.29, 1.82) is 0 Å². The topological polar surface area (TPSA) is 128 Å². The van der Waals surface area contributed by atoms with E-state index in [0.29, 0.717) is 70.9 Å². The third-order valence-electron chi connectivity index (χ3n) is 10.4. The maximum atomic E-state index is 13.7. The lowest BCUT2D eigenvalue weighted by molar-refractivity contribution is -0.137. The Morgan fingerprint density at radius 3 is 2.33 bits per heavy atom. The molecule has 2 aromatic heterocycles. The molecule has 1 N–H and O–H groups in total. The highest BCUT2D eigenvalue weighted by molar-refractivity contribution is 5.85. The van der Waals surface area contributed by atoms with Gasteiger partial charge in [-0.2, -0.15) is 5.10 Å². The van der Waals surface area contributed by atoms with Gasteiger partial charge in [0.1, 0.15) is 0 Å². The fourth-order valence-electron chi connectivity index (χ4n) is 7.72. The molecule has 0 spiro atoms. The molecule has 4 aliphatic rings. The molecule has 0 bridgehead atoms. The first-order valence-electron chi connectivity index (χ1n) is 16.8. The molecule has 0 saturated carbocycles. The van der Waals surface area contributed by atoms with Gasteiger partial charge in [0, 0.05) is 81.0 Å². The van der Waals surface area contributed by atoms with Gasteiger partial charge in [0.2, 0.25) is 11.8 Å². The van der Waals surface area contributed by atoms with Crippen molar-refractivity contribution in [2.24, 2.45) is 5.92 Å². The van der Waals surface area contributed by atoms with Gasteiger partial charge in [-0.15, -0.1) is 10.2 Å². The number of carbonyl (C=O) groups is 3. The predicted octanol–water partition coefficient (Wildman–Crippen LogP) is 4.38. The van der Waals surface area contributed by atoms with Crippen LogP contribution in [-0.2, 0) is 29.0 Å². The number of fused-ring (bicyclic) bond motifs is 2. The minimum atomic E-state index is -2.56. The van der Waals surface area contributed by atoms with Crippen LogP contribution in [0.5, 0.6) is 0 Å². The molecule has 0 unspecified atom stereocenters. The molecule has 7 rings (SSSR count). The molecule has 3 aromatic rings. The Hall–Kier alpha value is -4.62. The number of carboxylic acid groups (broad SMARTS) is 1. The highest BCUT2D eigenvalue weighted by Gasteiger charge is 2.36. The second-order valence-electron chi connectivity index (χ2n) is 13.2. The van der Waals surface area contributed by atoms with E-state index in [1.165, 1.54) is 12.1 Å². The number of nitrogens with zero attached hydrogens (tertiary/aromatic N) is 8. The fraction of sp³-hybridized carbons (Fsp3) is 0.529. The molecule has 0 atom stereocenters. The summed E-state index contributed by atoms with van der Waals surface area (Å²) in [6.07, 6.45) is 2.69. The molecule has 6 heterocycles. The molecule has 0 aliphatic carbocycles. The molecule has 14 heteroatoms. The van der Waals surface area contributed by atoms with Gasteiger partial charge in [-0.1, -0.05) is 12.1 Å². The Morgan fingerprint density at radius 2 is 1.67 bits per heavy atom. The first kappa shape index (κ1) is 32.0. The zero-order valence-electron chi connectivity index (χ0n) is 27.0. The lowest BCUT2D eigenvalue weighted by atomic mass is 9.93. The van der Waals surface area contributed by atoms with Crippen molar-refractivity contribution in [2.75, 3.05) is 49.1 Å². The van der Waals surface area contributed by atoms with Crippen LogP contribution in [0.3, 0.4) is 0 Å². The maximum absolute atomic E-state index is 13.7. The summed E-state index contributed by atoms with van der Waals surface area (Å²) >= 11 is 0. The number of amides is 2. The summed E-state index contributed by atoms with van der Waals surface area (Å²) in [5.41, 5.74) is 3.76. The Labute approximate surface area is 277 Å². The first-order chi connectivity index (χ1) is 23.2. The molecule has 0 radical (unpaired) electrons. The number of aryl methyl sites for hydroxylation is 1. The Bertz CT molecular complexity index is 1700. The third kappa shape index (κ3) is 6.08. The quantitative estimate of drug-likeness (QED) is 0.409. The smallest absolute Gasteiger partial charge is 0.356 e. The zero-order chi connectivity index (χ0) is 33.5. The van der Waals surface area contributed by atoms with Crippen LogP contribution in [0.15, 0.2) is 30.3 Å². The van der Waals surface area contributed by atoms with Crippen LogP contribution < -0.4 is 9.80 Å². The standard InChI is InChI=1S/C34H40F2N8O4/c1-21(45)42-18-12-28-26(20-42)32(43-13-2-3-22-4-5-24(31(35)36)19-29(22)43)39-44(28)25-10-16-41(17-11-25)33(46)23-8-14-40(15-9-23)30-7-6-27(34(47)48)37-38-30/h4-7,19,23,25,31H,2-3,8-18,20H2,1H3,(H,47,48). The van der Waals surface area contributed by atoms with Crippen molar-refractivity contribution in [3.63, 3.8) is 0 Å². The number of rotatable bonds is 6. The molecule has 4 aliphatic heterocycles. The second kappa shape index (κ2) is 13.1. The molecular weight excluding hydrogens is 622 g/mol. The zero-order valence-corrected chi connectivity index (χ0v) is 27.0. The Kier molecular flexibility index (Phi) is 8.73. The van der Waals surface area contributed by atoms with E-state index in [9.17, 15) is 23.2 Å². The van der Waals surface area contributed by atoms with Crippen molar-refractivity contribution >= 4 is 35.1 Å². The third-order valence-corrected chi connectivity index (χ3v) is 10.4. The maximum Gasteiger partial charge on any atom is 0.356 e. The van der Waals surface area contributed by atoms with Crippen LogP contribution in [0.2, 0.25) is 0 Å². The van der Waals surface area contributed by atoms with E-state index in [0.717, 1.165) is 54.0 Å². The van der Waals surface area contributed by atoms with Gasteiger partial charge in [0.25, 0.3) is 6.43 Å². The molecule has 254 valence electrons. The van der Waals surface area contributed by atoms with E-state index in [4.69, 9.17) is 10.2 Å². The largest absolute Gasteiger partial charge is 0.476 e. The van der Waals surface area contributed by atoms with Crippen molar-refractivity contribution in [3.8, 4) is 0 Å². The van der Waals surface area contributed by atoms with Gasteiger partial charge >= 0.3 is 5.97 Å². The first-order valence-corrected chi connectivity index (χ1v) is 16.8. The van der Waals surface area contributed by atoms with Crippen LogP contribution in [0.25, 0.3) is 0 Å². The van der Waals surface area contributed by atoms with Crippen molar-refractivity contribution < 1.29 is 28.3 Å².